The second kappa shape index (κ2) is 3.33. The highest BCUT2D eigenvalue weighted by Gasteiger charge is 2.44. The lowest BCUT2D eigenvalue weighted by atomic mass is 9.88. The molecule has 1 atom stereocenters. The van der Waals surface area contributed by atoms with Gasteiger partial charge in [0.1, 0.15) is 5.54 Å². The van der Waals surface area contributed by atoms with Crippen molar-refractivity contribution in [3.05, 3.63) is 34.9 Å². The standard InChI is InChI=1S/C12H14N2O2/c1-7-4-5-8(2)9(6-7)12(3)10(15)13-11(16)14-12/h4-6H,1-3H3,(H2,13,14,15,16). The van der Waals surface area contributed by atoms with E-state index in [4.69, 9.17) is 0 Å². The summed E-state index contributed by atoms with van der Waals surface area (Å²) in [6.45, 7) is 5.60. The van der Waals surface area contributed by atoms with E-state index in [9.17, 15) is 9.59 Å². The van der Waals surface area contributed by atoms with E-state index in [1.807, 2.05) is 32.0 Å². The third-order valence-corrected chi connectivity index (χ3v) is 2.98. The van der Waals surface area contributed by atoms with Crippen LogP contribution in [0, 0.1) is 13.8 Å². The van der Waals surface area contributed by atoms with Gasteiger partial charge in [0.15, 0.2) is 0 Å². The average Bonchev–Trinajstić information content (AvgIpc) is 2.46. The van der Waals surface area contributed by atoms with E-state index in [1.54, 1.807) is 6.92 Å². The van der Waals surface area contributed by atoms with Crippen LogP contribution < -0.4 is 10.6 Å². The van der Waals surface area contributed by atoms with Gasteiger partial charge in [-0.3, -0.25) is 10.1 Å². The van der Waals surface area contributed by atoms with Crippen LogP contribution in [0.5, 0.6) is 0 Å². The van der Waals surface area contributed by atoms with Crippen LogP contribution in [0.25, 0.3) is 0 Å². The number of imide groups is 1. The van der Waals surface area contributed by atoms with Gasteiger partial charge in [-0.25, -0.2) is 4.79 Å². The second-order valence-electron chi connectivity index (χ2n) is 4.35. The van der Waals surface area contributed by atoms with Crippen LogP contribution in [0.3, 0.4) is 0 Å². The highest BCUT2D eigenvalue weighted by molar-refractivity contribution is 6.07. The first-order chi connectivity index (χ1) is 7.43. The van der Waals surface area contributed by atoms with E-state index < -0.39 is 11.6 Å². The summed E-state index contributed by atoms with van der Waals surface area (Å²) in [6.07, 6.45) is 0. The van der Waals surface area contributed by atoms with Gasteiger partial charge in [0.05, 0.1) is 0 Å². The molecule has 1 aliphatic heterocycles. The molecule has 84 valence electrons. The van der Waals surface area contributed by atoms with E-state index in [-0.39, 0.29) is 5.91 Å². The minimum Gasteiger partial charge on any atom is -0.320 e. The summed E-state index contributed by atoms with van der Waals surface area (Å²) in [5.41, 5.74) is 1.95. The number of hydrogen-bond donors (Lipinski definition) is 2. The van der Waals surface area contributed by atoms with Crippen molar-refractivity contribution < 1.29 is 9.59 Å². The van der Waals surface area contributed by atoms with Gasteiger partial charge in [-0.05, 0) is 31.9 Å². The summed E-state index contributed by atoms with van der Waals surface area (Å²) in [5, 5.41) is 4.93. The molecular weight excluding hydrogens is 204 g/mol. The van der Waals surface area contributed by atoms with E-state index in [0.717, 1.165) is 16.7 Å². The maximum Gasteiger partial charge on any atom is 0.322 e. The summed E-state index contributed by atoms with van der Waals surface area (Å²) < 4.78 is 0. The summed E-state index contributed by atoms with van der Waals surface area (Å²) in [7, 11) is 0. The molecule has 1 unspecified atom stereocenters. The summed E-state index contributed by atoms with van der Waals surface area (Å²) in [4.78, 5) is 23.0. The van der Waals surface area contributed by atoms with Crippen LogP contribution in [-0.2, 0) is 10.3 Å². The van der Waals surface area contributed by atoms with Gasteiger partial charge in [0, 0.05) is 0 Å². The Morgan fingerprint density at radius 3 is 2.44 bits per heavy atom. The molecule has 0 saturated carbocycles. The third-order valence-electron chi connectivity index (χ3n) is 2.98. The molecule has 1 fully saturated rings. The van der Waals surface area contributed by atoms with Crippen molar-refractivity contribution in [1.82, 2.24) is 10.6 Å². The van der Waals surface area contributed by atoms with Crippen molar-refractivity contribution in [3.63, 3.8) is 0 Å². The summed E-state index contributed by atoms with van der Waals surface area (Å²) in [6, 6.07) is 5.43. The monoisotopic (exact) mass is 218 g/mol. The van der Waals surface area contributed by atoms with Crippen LogP contribution in [0.4, 0.5) is 4.79 Å². The van der Waals surface area contributed by atoms with Crippen molar-refractivity contribution in [2.75, 3.05) is 0 Å². The van der Waals surface area contributed by atoms with E-state index in [2.05, 4.69) is 10.6 Å². The lowest BCUT2D eigenvalue weighted by Crippen LogP contribution is -2.41. The molecule has 1 aromatic rings. The molecule has 1 aliphatic rings. The van der Waals surface area contributed by atoms with Gasteiger partial charge in [-0.2, -0.15) is 0 Å². The fraction of sp³-hybridized carbons (Fsp3) is 0.333. The van der Waals surface area contributed by atoms with Crippen LogP contribution in [-0.4, -0.2) is 11.9 Å². The fourth-order valence-electron chi connectivity index (χ4n) is 2.01. The van der Waals surface area contributed by atoms with Gasteiger partial charge in [-0.15, -0.1) is 0 Å². The zero-order valence-electron chi connectivity index (χ0n) is 9.55. The molecule has 3 amide bonds. The normalized spacial score (nSPS) is 24.2. The van der Waals surface area contributed by atoms with Crippen molar-refractivity contribution in [3.8, 4) is 0 Å². The first kappa shape index (κ1) is 10.7. The van der Waals surface area contributed by atoms with Crippen LogP contribution in [0.2, 0.25) is 0 Å². The molecule has 0 radical (unpaired) electrons. The predicted molar refractivity (Wildman–Crippen MR) is 59.9 cm³/mol. The maximum atomic E-state index is 11.8. The fourth-order valence-corrected chi connectivity index (χ4v) is 2.01. The molecule has 1 aromatic carbocycles. The van der Waals surface area contributed by atoms with Crippen molar-refractivity contribution >= 4 is 11.9 Å². The molecule has 0 spiro atoms. The largest absolute Gasteiger partial charge is 0.322 e. The molecule has 4 nitrogen and oxygen atoms in total. The number of carbonyl (C=O) groups is 2. The highest BCUT2D eigenvalue weighted by atomic mass is 16.2. The Hall–Kier alpha value is -1.84. The summed E-state index contributed by atoms with van der Waals surface area (Å²) >= 11 is 0. The van der Waals surface area contributed by atoms with Crippen LogP contribution in [0.1, 0.15) is 23.6 Å². The zero-order valence-corrected chi connectivity index (χ0v) is 9.55. The highest BCUT2D eigenvalue weighted by Crippen LogP contribution is 2.27. The predicted octanol–water partition coefficient (Wildman–Crippen LogP) is 1.36. The number of nitrogens with one attached hydrogen (secondary N) is 2. The first-order valence-corrected chi connectivity index (χ1v) is 5.15. The van der Waals surface area contributed by atoms with Crippen molar-refractivity contribution in [2.45, 2.75) is 26.3 Å². The number of hydrogen-bond acceptors (Lipinski definition) is 2. The van der Waals surface area contributed by atoms with Gasteiger partial charge < -0.3 is 5.32 Å². The van der Waals surface area contributed by atoms with Gasteiger partial charge in [0.25, 0.3) is 5.91 Å². The molecule has 1 heterocycles. The number of amides is 3. The Bertz CT molecular complexity index is 482. The molecule has 16 heavy (non-hydrogen) atoms. The van der Waals surface area contributed by atoms with E-state index >= 15 is 0 Å². The lowest BCUT2D eigenvalue weighted by Gasteiger charge is -2.23. The zero-order chi connectivity index (χ0) is 11.9. The molecule has 4 heteroatoms. The molecule has 0 aromatic heterocycles. The number of carbonyl (C=O) groups excluding carboxylic acids is 2. The smallest absolute Gasteiger partial charge is 0.320 e. The number of aryl methyl sites for hydroxylation is 2. The van der Waals surface area contributed by atoms with Crippen molar-refractivity contribution in [1.29, 1.82) is 0 Å². The van der Waals surface area contributed by atoms with Crippen LogP contribution in [0.15, 0.2) is 18.2 Å². The Morgan fingerprint density at radius 2 is 1.88 bits per heavy atom. The Balaban J connectivity index is 2.55. The maximum absolute atomic E-state index is 11.8. The van der Waals surface area contributed by atoms with E-state index in [1.165, 1.54) is 0 Å². The number of urea groups is 1. The minimum atomic E-state index is -0.951. The quantitative estimate of drug-likeness (QED) is 0.699. The number of benzene rings is 1. The Morgan fingerprint density at radius 1 is 1.19 bits per heavy atom. The SMILES string of the molecule is Cc1ccc(C)c(C2(C)NC(=O)NC2=O)c1. The average molecular weight is 218 g/mol. The number of rotatable bonds is 1. The third kappa shape index (κ3) is 1.46. The molecule has 0 bridgehead atoms. The minimum absolute atomic E-state index is 0.300. The molecule has 2 rings (SSSR count). The Labute approximate surface area is 94.0 Å². The lowest BCUT2D eigenvalue weighted by molar-refractivity contribution is -0.123. The van der Waals surface area contributed by atoms with Gasteiger partial charge >= 0.3 is 6.03 Å². The van der Waals surface area contributed by atoms with Crippen LogP contribution >= 0.6 is 0 Å². The Kier molecular flexibility index (Phi) is 2.22. The summed E-state index contributed by atoms with van der Waals surface area (Å²) in [5.74, 6) is -0.300. The van der Waals surface area contributed by atoms with Crippen molar-refractivity contribution in [2.24, 2.45) is 0 Å². The molecule has 2 N–H and O–H groups in total. The first-order valence-electron chi connectivity index (χ1n) is 5.15. The van der Waals surface area contributed by atoms with Gasteiger partial charge in [-0.1, -0.05) is 23.8 Å². The molecule has 1 saturated heterocycles. The van der Waals surface area contributed by atoms with Gasteiger partial charge in [0.2, 0.25) is 0 Å². The second-order valence-corrected chi connectivity index (χ2v) is 4.35. The molecular formula is C12H14N2O2. The molecule has 0 aliphatic carbocycles. The van der Waals surface area contributed by atoms with E-state index in [0.29, 0.717) is 0 Å². The topological polar surface area (TPSA) is 58.2 Å².